The van der Waals surface area contributed by atoms with E-state index >= 15 is 0 Å². The van der Waals surface area contributed by atoms with E-state index in [2.05, 4.69) is 37.1 Å². The summed E-state index contributed by atoms with van der Waals surface area (Å²) in [7, 11) is 0. The van der Waals surface area contributed by atoms with Crippen LogP contribution < -0.4 is 10.5 Å². The van der Waals surface area contributed by atoms with Gasteiger partial charge in [-0.2, -0.15) is 4.98 Å². The highest BCUT2D eigenvalue weighted by Crippen LogP contribution is 2.37. The van der Waals surface area contributed by atoms with Crippen molar-refractivity contribution >= 4 is 39.2 Å². The number of ketones is 1. The predicted octanol–water partition coefficient (Wildman–Crippen LogP) is 4.40. The topological polar surface area (TPSA) is 59.6 Å². The van der Waals surface area contributed by atoms with Gasteiger partial charge in [0.15, 0.2) is 0 Å². The van der Waals surface area contributed by atoms with Crippen molar-refractivity contribution in [2.24, 2.45) is 0 Å². The van der Waals surface area contributed by atoms with Crippen molar-refractivity contribution in [3.05, 3.63) is 52.3 Å². The van der Waals surface area contributed by atoms with Crippen LogP contribution in [0, 0.1) is 6.92 Å². The number of carbonyl (C=O) groups is 1. The highest BCUT2D eigenvalue weighted by Gasteiger charge is 2.25. The monoisotopic (exact) mass is 414 g/mol. The van der Waals surface area contributed by atoms with Crippen LogP contribution in [-0.4, -0.2) is 32.8 Å². The Hall–Kier alpha value is -3.15. The van der Waals surface area contributed by atoms with Gasteiger partial charge in [0.25, 0.3) is 5.56 Å². The summed E-state index contributed by atoms with van der Waals surface area (Å²) in [6, 6.07) is 12.9. The van der Waals surface area contributed by atoms with Crippen molar-refractivity contribution in [1.82, 2.24) is 14.0 Å². The van der Waals surface area contributed by atoms with Gasteiger partial charge in [-0.05, 0) is 49.6 Å². The summed E-state index contributed by atoms with van der Waals surface area (Å²) in [4.78, 5) is 31.6. The lowest BCUT2D eigenvalue weighted by atomic mass is 10.1. The molecule has 0 atom stereocenters. The van der Waals surface area contributed by atoms with Gasteiger partial charge in [0, 0.05) is 37.7 Å². The number of hydrogen-bond donors (Lipinski definition) is 0. The molecule has 1 saturated heterocycles. The first-order chi connectivity index (χ1) is 15.1. The van der Waals surface area contributed by atoms with E-state index in [0.29, 0.717) is 30.1 Å². The number of Topliss-reactive ketones (excluding diaryl/α,β-unsaturated/α-hetero) is 1. The number of fused-ring (bicyclic) bond motifs is 5. The minimum absolute atomic E-state index is 0.148. The smallest absolute Gasteiger partial charge is 0.282 e. The lowest BCUT2D eigenvalue weighted by Crippen LogP contribution is -2.33. The molecule has 158 valence electrons. The summed E-state index contributed by atoms with van der Waals surface area (Å²) in [5, 5.41) is 0.698. The van der Waals surface area contributed by atoms with Crippen LogP contribution >= 0.6 is 0 Å². The van der Waals surface area contributed by atoms with E-state index in [-0.39, 0.29) is 5.56 Å². The first kappa shape index (κ1) is 18.6. The number of piperidine rings is 1. The van der Waals surface area contributed by atoms with E-state index in [9.17, 15) is 9.59 Å². The molecular formula is C25H26N4O2. The lowest BCUT2D eigenvalue weighted by molar-refractivity contribution is -0.119. The molecule has 3 heterocycles. The van der Waals surface area contributed by atoms with E-state index in [0.717, 1.165) is 59.5 Å². The van der Waals surface area contributed by atoms with Gasteiger partial charge in [-0.15, -0.1) is 0 Å². The highest BCUT2D eigenvalue weighted by molar-refractivity contribution is 5.92. The average Bonchev–Trinajstić information content (AvgIpc) is 3.39. The summed E-state index contributed by atoms with van der Waals surface area (Å²) in [6.07, 6.45) is 5.88. The second-order valence-electron chi connectivity index (χ2n) is 9.03. The molecule has 31 heavy (non-hydrogen) atoms. The number of nitrogens with zero attached hydrogens (tertiary/aromatic N) is 4. The lowest BCUT2D eigenvalue weighted by Gasteiger charge is -2.28. The fourth-order valence-electron chi connectivity index (χ4n) is 5.56. The molecule has 2 aromatic carbocycles. The Morgan fingerprint density at radius 2 is 1.71 bits per heavy atom. The van der Waals surface area contributed by atoms with E-state index in [1.54, 1.807) is 0 Å². The maximum absolute atomic E-state index is 13.0. The Kier molecular flexibility index (Phi) is 4.16. The van der Waals surface area contributed by atoms with Crippen LogP contribution in [0.25, 0.3) is 27.7 Å². The quantitative estimate of drug-likeness (QED) is 0.488. The molecule has 6 rings (SSSR count). The summed E-state index contributed by atoms with van der Waals surface area (Å²) in [6.45, 7) is 3.52. The molecule has 0 bridgehead atoms. The first-order valence-corrected chi connectivity index (χ1v) is 11.3. The summed E-state index contributed by atoms with van der Waals surface area (Å²) < 4.78 is 4.48. The van der Waals surface area contributed by atoms with Crippen LogP contribution in [0.3, 0.4) is 0 Å². The second kappa shape index (κ2) is 6.94. The van der Waals surface area contributed by atoms with Gasteiger partial charge in [-0.3, -0.25) is 14.0 Å². The number of aryl methyl sites for hydroxylation is 1. The molecular weight excluding hydrogens is 388 g/mol. The highest BCUT2D eigenvalue weighted by atomic mass is 16.1. The van der Waals surface area contributed by atoms with Gasteiger partial charge in [0.2, 0.25) is 5.78 Å². The minimum atomic E-state index is -0.148. The van der Waals surface area contributed by atoms with Crippen molar-refractivity contribution in [3.8, 4) is 0 Å². The van der Waals surface area contributed by atoms with Crippen LogP contribution in [0.15, 0.2) is 41.2 Å². The number of imidazole rings is 1. The molecule has 1 aliphatic carbocycles. The van der Waals surface area contributed by atoms with Gasteiger partial charge in [0.1, 0.15) is 5.78 Å². The molecule has 1 saturated carbocycles. The molecule has 0 radical (unpaired) electrons. The van der Waals surface area contributed by atoms with Crippen molar-refractivity contribution in [2.75, 3.05) is 18.0 Å². The SMILES string of the molecule is Cc1cccc2c1c(=O)nc1n(C3CCCC3)c3cc(N4CCC(=O)CC4)ccc3n21. The van der Waals surface area contributed by atoms with E-state index in [1.807, 2.05) is 25.1 Å². The zero-order chi connectivity index (χ0) is 21.1. The molecule has 4 aromatic rings. The van der Waals surface area contributed by atoms with Crippen LogP contribution in [0.2, 0.25) is 0 Å². The normalized spacial score (nSPS) is 18.1. The van der Waals surface area contributed by atoms with Crippen LogP contribution in [0.4, 0.5) is 5.69 Å². The standard InChI is InChI=1S/C25H26N4O2/c1-16-5-4-8-21-23(16)24(31)26-25-28(17-6-2-3-7-17)22-15-18(9-10-20(22)29(21)25)27-13-11-19(30)12-14-27/h4-5,8-10,15,17H,2-3,6-7,11-14H2,1H3. The fraction of sp³-hybridized carbons (Fsp3) is 0.400. The van der Waals surface area contributed by atoms with Crippen LogP contribution in [0.1, 0.15) is 50.1 Å². The number of anilines is 1. The molecule has 0 spiro atoms. The van der Waals surface area contributed by atoms with E-state index in [1.165, 1.54) is 12.8 Å². The first-order valence-electron chi connectivity index (χ1n) is 11.3. The summed E-state index contributed by atoms with van der Waals surface area (Å²) in [5.74, 6) is 1.10. The van der Waals surface area contributed by atoms with Gasteiger partial charge in [-0.25, -0.2) is 0 Å². The molecule has 6 heteroatoms. The van der Waals surface area contributed by atoms with Gasteiger partial charge >= 0.3 is 0 Å². The molecule has 2 aliphatic rings. The van der Waals surface area contributed by atoms with Crippen molar-refractivity contribution < 1.29 is 4.79 Å². The zero-order valence-electron chi connectivity index (χ0n) is 17.8. The number of hydrogen-bond acceptors (Lipinski definition) is 4. The Morgan fingerprint density at radius 3 is 2.48 bits per heavy atom. The van der Waals surface area contributed by atoms with E-state index < -0.39 is 0 Å². The molecule has 1 aliphatic heterocycles. The molecule has 6 nitrogen and oxygen atoms in total. The molecule has 0 unspecified atom stereocenters. The fourth-order valence-corrected chi connectivity index (χ4v) is 5.56. The second-order valence-corrected chi connectivity index (χ2v) is 9.03. The van der Waals surface area contributed by atoms with Gasteiger partial charge in [-0.1, -0.05) is 25.0 Å². The van der Waals surface area contributed by atoms with Crippen LogP contribution in [0.5, 0.6) is 0 Å². The third kappa shape index (κ3) is 2.81. The Labute approximate surface area is 180 Å². The van der Waals surface area contributed by atoms with Crippen LogP contribution in [-0.2, 0) is 4.79 Å². The predicted molar refractivity (Wildman–Crippen MR) is 123 cm³/mol. The Balaban J connectivity index is 1.67. The van der Waals surface area contributed by atoms with Crippen molar-refractivity contribution in [3.63, 3.8) is 0 Å². The number of benzene rings is 2. The summed E-state index contributed by atoms with van der Waals surface area (Å²) >= 11 is 0. The number of rotatable bonds is 2. The van der Waals surface area contributed by atoms with Gasteiger partial charge in [0.05, 0.1) is 21.9 Å². The number of aromatic nitrogens is 3. The summed E-state index contributed by atoms with van der Waals surface area (Å²) in [5.41, 5.74) is 5.09. The average molecular weight is 415 g/mol. The molecule has 2 aromatic heterocycles. The van der Waals surface area contributed by atoms with Gasteiger partial charge < -0.3 is 9.47 Å². The molecule has 0 N–H and O–H groups in total. The maximum atomic E-state index is 13.0. The maximum Gasteiger partial charge on any atom is 0.282 e. The van der Waals surface area contributed by atoms with Crippen molar-refractivity contribution in [2.45, 2.75) is 51.5 Å². The van der Waals surface area contributed by atoms with Crippen molar-refractivity contribution in [1.29, 1.82) is 0 Å². The molecule has 2 fully saturated rings. The largest absolute Gasteiger partial charge is 0.371 e. The molecule has 0 amide bonds. The van der Waals surface area contributed by atoms with E-state index in [4.69, 9.17) is 0 Å². The third-order valence-electron chi connectivity index (χ3n) is 7.16. The zero-order valence-corrected chi connectivity index (χ0v) is 17.8. The third-order valence-corrected chi connectivity index (χ3v) is 7.16. The Morgan fingerprint density at radius 1 is 0.935 bits per heavy atom. The Bertz CT molecular complexity index is 1400. The minimum Gasteiger partial charge on any atom is -0.371 e. The number of carbonyl (C=O) groups excluding carboxylic acids is 1.